The van der Waals surface area contributed by atoms with Crippen molar-refractivity contribution in [1.82, 2.24) is 9.71 Å². The molecule has 0 atom stereocenters. The molecule has 168 valence electrons. The number of ketones is 1. The third-order valence-corrected chi connectivity index (χ3v) is 7.45. The standard InChI is InChI=1S/C24H21N3O4S2/c1-15-4-3-5-21-22(15)26-24(32-21)27-23(29)19-8-6-17(7-9-19)14-25-33(30,31)20-12-10-18(11-13-20)16(2)28/h3-13,25H,14H2,1-2H3,(H,26,27,29). The Hall–Kier alpha value is -3.40. The maximum Gasteiger partial charge on any atom is 0.257 e. The molecule has 4 aromatic rings. The second-order valence-corrected chi connectivity index (χ2v) is 10.3. The normalized spacial score (nSPS) is 11.5. The Labute approximate surface area is 195 Å². The molecule has 2 N–H and O–H groups in total. The molecule has 1 heterocycles. The lowest BCUT2D eigenvalue weighted by atomic mass is 10.1. The van der Waals surface area contributed by atoms with Gasteiger partial charge in [0.15, 0.2) is 10.9 Å². The second-order valence-electron chi connectivity index (χ2n) is 7.50. The summed E-state index contributed by atoms with van der Waals surface area (Å²) >= 11 is 1.41. The number of rotatable bonds is 7. The molecule has 0 saturated carbocycles. The summed E-state index contributed by atoms with van der Waals surface area (Å²) in [5.74, 6) is -0.418. The molecule has 0 bridgehead atoms. The van der Waals surface area contributed by atoms with Crippen LogP contribution in [0.5, 0.6) is 0 Å². The van der Waals surface area contributed by atoms with Gasteiger partial charge in [0, 0.05) is 17.7 Å². The number of sulfonamides is 1. The summed E-state index contributed by atoms with van der Waals surface area (Å²) in [6, 6.07) is 18.3. The third-order valence-electron chi connectivity index (χ3n) is 5.09. The molecule has 0 spiro atoms. The Kier molecular flexibility index (Phi) is 6.37. The number of para-hydroxylation sites is 1. The van der Waals surface area contributed by atoms with Crippen LogP contribution >= 0.6 is 11.3 Å². The first-order valence-electron chi connectivity index (χ1n) is 10.1. The van der Waals surface area contributed by atoms with Crippen molar-refractivity contribution in [3.05, 3.63) is 89.0 Å². The van der Waals surface area contributed by atoms with E-state index >= 15 is 0 Å². The van der Waals surface area contributed by atoms with Gasteiger partial charge in [-0.15, -0.1) is 0 Å². The van der Waals surface area contributed by atoms with Crippen LogP contribution in [0, 0.1) is 6.92 Å². The molecule has 0 aliphatic rings. The smallest absolute Gasteiger partial charge is 0.257 e. The van der Waals surface area contributed by atoms with Gasteiger partial charge in [0.25, 0.3) is 5.91 Å². The number of Topliss-reactive ketones (excluding diaryl/α,β-unsaturated/α-hetero) is 1. The van der Waals surface area contributed by atoms with Gasteiger partial charge in [-0.05, 0) is 55.3 Å². The van der Waals surface area contributed by atoms with E-state index in [1.165, 1.54) is 42.5 Å². The maximum atomic E-state index is 12.6. The number of amides is 1. The summed E-state index contributed by atoms with van der Waals surface area (Å²) in [5, 5.41) is 3.34. The Morgan fingerprint density at radius 1 is 0.939 bits per heavy atom. The van der Waals surface area contributed by atoms with Crippen molar-refractivity contribution in [3.63, 3.8) is 0 Å². The van der Waals surface area contributed by atoms with Gasteiger partial charge < -0.3 is 0 Å². The first-order valence-corrected chi connectivity index (χ1v) is 12.4. The van der Waals surface area contributed by atoms with Crippen molar-refractivity contribution in [1.29, 1.82) is 0 Å². The lowest BCUT2D eigenvalue weighted by Crippen LogP contribution is -2.23. The zero-order valence-corrected chi connectivity index (χ0v) is 19.6. The minimum atomic E-state index is -3.73. The van der Waals surface area contributed by atoms with Gasteiger partial charge in [-0.2, -0.15) is 0 Å². The van der Waals surface area contributed by atoms with Crippen molar-refractivity contribution in [3.8, 4) is 0 Å². The minimum Gasteiger partial charge on any atom is -0.298 e. The average molecular weight is 480 g/mol. The van der Waals surface area contributed by atoms with Gasteiger partial charge in [0.2, 0.25) is 10.0 Å². The van der Waals surface area contributed by atoms with Crippen molar-refractivity contribution in [2.75, 3.05) is 5.32 Å². The van der Waals surface area contributed by atoms with E-state index in [1.807, 2.05) is 25.1 Å². The molecule has 9 heteroatoms. The molecule has 0 aliphatic heterocycles. The molecule has 0 radical (unpaired) electrons. The highest BCUT2D eigenvalue weighted by molar-refractivity contribution is 7.89. The first-order chi connectivity index (χ1) is 15.7. The summed E-state index contributed by atoms with van der Waals surface area (Å²) < 4.78 is 28.5. The van der Waals surface area contributed by atoms with Crippen molar-refractivity contribution < 1.29 is 18.0 Å². The Bertz CT molecular complexity index is 1440. The quantitative estimate of drug-likeness (QED) is 0.379. The Morgan fingerprint density at radius 2 is 1.61 bits per heavy atom. The molecule has 0 saturated heterocycles. The highest BCUT2D eigenvalue weighted by Gasteiger charge is 2.15. The van der Waals surface area contributed by atoms with Crippen LogP contribution in [0.15, 0.2) is 71.6 Å². The summed E-state index contributed by atoms with van der Waals surface area (Å²) in [5.41, 5.74) is 3.51. The van der Waals surface area contributed by atoms with Gasteiger partial charge in [-0.1, -0.05) is 47.7 Å². The molecule has 1 aromatic heterocycles. The number of carbonyl (C=O) groups excluding carboxylic acids is 2. The largest absolute Gasteiger partial charge is 0.298 e. The van der Waals surface area contributed by atoms with Crippen LogP contribution in [0.2, 0.25) is 0 Å². The van der Waals surface area contributed by atoms with Crippen LogP contribution in [-0.4, -0.2) is 25.1 Å². The summed E-state index contributed by atoms with van der Waals surface area (Å²) in [6.07, 6.45) is 0. The number of anilines is 1. The summed E-state index contributed by atoms with van der Waals surface area (Å²) in [4.78, 5) is 28.5. The predicted octanol–water partition coefficient (Wildman–Crippen LogP) is 4.54. The van der Waals surface area contributed by atoms with Gasteiger partial charge in [-0.3, -0.25) is 14.9 Å². The maximum absolute atomic E-state index is 12.6. The monoisotopic (exact) mass is 479 g/mol. The fourth-order valence-corrected chi connectivity index (χ4v) is 5.17. The molecule has 4 rings (SSSR count). The fraction of sp³-hybridized carbons (Fsp3) is 0.125. The molecular formula is C24H21N3O4S2. The number of hydrogen-bond acceptors (Lipinski definition) is 6. The highest BCUT2D eigenvalue weighted by atomic mass is 32.2. The van der Waals surface area contributed by atoms with Crippen LogP contribution in [0.1, 0.15) is 38.8 Å². The lowest BCUT2D eigenvalue weighted by Gasteiger charge is -2.08. The van der Waals surface area contributed by atoms with E-state index < -0.39 is 10.0 Å². The number of aromatic nitrogens is 1. The number of nitrogens with one attached hydrogen (secondary N) is 2. The summed E-state index contributed by atoms with van der Waals surface area (Å²) in [6.45, 7) is 3.46. The van der Waals surface area contributed by atoms with Gasteiger partial charge in [0.05, 0.1) is 15.1 Å². The predicted molar refractivity (Wildman–Crippen MR) is 129 cm³/mol. The molecular weight excluding hydrogens is 458 g/mol. The Morgan fingerprint density at radius 3 is 2.24 bits per heavy atom. The van der Waals surface area contributed by atoms with Crippen molar-refractivity contribution in [2.24, 2.45) is 0 Å². The van der Waals surface area contributed by atoms with E-state index in [-0.39, 0.29) is 23.1 Å². The third kappa shape index (κ3) is 5.16. The van der Waals surface area contributed by atoms with E-state index in [1.54, 1.807) is 24.3 Å². The zero-order valence-electron chi connectivity index (χ0n) is 18.0. The van der Waals surface area contributed by atoms with Gasteiger partial charge in [0.1, 0.15) is 0 Å². The van der Waals surface area contributed by atoms with Crippen LogP contribution in [0.25, 0.3) is 10.2 Å². The minimum absolute atomic E-state index is 0.0653. The number of carbonyl (C=O) groups is 2. The molecule has 3 aromatic carbocycles. The number of fused-ring (bicyclic) bond motifs is 1. The number of aryl methyl sites for hydroxylation is 1. The number of thiazole rings is 1. The molecule has 0 unspecified atom stereocenters. The zero-order chi connectivity index (χ0) is 23.6. The molecule has 0 aliphatic carbocycles. The molecule has 7 nitrogen and oxygen atoms in total. The lowest BCUT2D eigenvalue weighted by molar-refractivity contribution is 0.101. The molecule has 33 heavy (non-hydrogen) atoms. The molecule has 1 amide bonds. The van der Waals surface area contributed by atoms with E-state index in [9.17, 15) is 18.0 Å². The summed E-state index contributed by atoms with van der Waals surface area (Å²) in [7, 11) is -3.73. The van der Waals surface area contributed by atoms with Crippen LogP contribution < -0.4 is 10.0 Å². The van der Waals surface area contributed by atoms with Gasteiger partial charge in [-0.25, -0.2) is 18.1 Å². The van der Waals surface area contributed by atoms with Crippen molar-refractivity contribution in [2.45, 2.75) is 25.3 Å². The van der Waals surface area contributed by atoms with E-state index in [0.717, 1.165) is 15.8 Å². The fourth-order valence-electron chi connectivity index (χ4n) is 3.21. The molecule has 0 fully saturated rings. The van der Waals surface area contributed by atoms with Gasteiger partial charge >= 0.3 is 0 Å². The number of benzene rings is 3. The van der Waals surface area contributed by atoms with Crippen LogP contribution in [0.3, 0.4) is 0 Å². The van der Waals surface area contributed by atoms with Crippen molar-refractivity contribution >= 4 is 48.4 Å². The number of hydrogen-bond donors (Lipinski definition) is 2. The van der Waals surface area contributed by atoms with E-state index in [2.05, 4.69) is 15.0 Å². The first kappa shape index (κ1) is 22.8. The Balaban J connectivity index is 1.39. The SMILES string of the molecule is CC(=O)c1ccc(S(=O)(=O)NCc2ccc(C(=O)Nc3nc4c(C)cccc4s3)cc2)cc1. The highest BCUT2D eigenvalue weighted by Crippen LogP contribution is 2.28. The number of nitrogens with zero attached hydrogens (tertiary/aromatic N) is 1. The second kappa shape index (κ2) is 9.22. The topological polar surface area (TPSA) is 105 Å². The average Bonchev–Trinajstić information content (AvgIpc) is 3.22. The van der Waals surface area contributed by atoms with Crippen LogP contribution in [0.4, 0.5) is 5.13 Å². The van der Waals surface area contributed by atoms with E-state index in [0.29, 0.717) is 21.8 Å². The van der Waals surface area contributed by atoms with E-state index in [4.69, 9.17) is 0 Å². The van der Waals surface area contributed by atoms with Crippen LogP contribution in [-0.2, 0) is 16.6 Å².